The number of methoxy groups -OCH3 is 1. The second-order valence-electron chi connectivity index (χ2n) is 5.62. The van der Waals surface area contributed by atoms with Gasteiger partial charge in [0.1, 0.15) is 4.99 Å². The Morgan fingerprint density at radius 1 is 1.21 bits per heavy atom. The van der Waals surface area contributed by atoms with E-state index in [0.717, 1.165) is 36.5 Å². The molecule has 1 aromatic carbocycles. The van der Waals surface area contributed by atoms with E-state index in [1.54, 1.807) is 7.11 Å². The predicted molar refractivity (Wildman–Crippen MR) is 96.8 cm³/mol. The highest BCUT2D eigenvalue weighted by molar-refractivity contribution is 7.80. The first kappa shape index (κ1) is 18.5. The Morgan fingerprint density at radius 2 is 1.92 bits per heavy atom. The van der Waals surface area contributed by atoms with E-state index in [0.29, 0.717) is 24.7 Å². The summed E-state index contributed by atoms with van der Waals surface area (Å²) < 4.78 is 16.0. The van der Waals surface area contributed by atoms with E-state index < -0.39 is 0 Å². The quantitative estimate of drug-likeness (QED) is 0.580. The van der Waals surface area contributed by atoms with Crippen LogP contribution in [0.15, 0.2) is 18.2 Å². The molecule has 0 atom stereocenters. The van der Waals surface area contributed by atoms with Crippen molar-refractivity contribution in [2.24, 2.45) is 5.92 Å². The van der Waals surface area contributed by atoms with E-state index in [4.69, 9.17) is 26.4 Å². The van der Waals surface area contributed by atoms with Crippen molar-refractivity contribution in [2.75, 3.05) is 33.4 Å². The number of ether oxygens (including phenoxy) is 3. The zero-order chi connectivity index (χ0) is 17.5. The van der Waals surface area contributed by atoms with Gasteiger partial charge in [-0.05, 0) is 44.9 Å². The van der Waals surface area contributed by atoms with Gasteiger partial charge in [0.05, 0.1) is 26.2 Å². The Kier molecular flexibility index (Phi) is 6.85. The van der Waals surface area contributed by atoms with Gasteiger partial charge >= 0.3 is 5.97 Å². The van der Waals surface area contributed by atoms with Crippen molar-refractivity contribution in [3.63, 3.8) is 0 Å². The number of hydrogen-bond acceptors (Lipinski definition) is 5. The average Bonchev–Trinajstić information content (AvgIpc) is 2.62. The molecule has 2 rings (SSSR count). The molecule has 0 amide bonds. The summed E-state index contributed by atoms with van der Waals surface area (Å²) in [4.78, 5) is 14.7. The molecule has 6 heteroatoms. The second-order valence-corrected chi connectivity index (χ2v) is 6.00. The zero-order valence-electron chi connectivity index (χ0n) is 14.5. The highest BCUT2D eigenvalue weighted by Gasteiger charge is 2.27. The zero-order valence-corrected chi connectivity index (χ0v) is 15.4. The van der Waals surface area contributed by atoms with E-state index >= 15 is 0 Å². The van der Waals surface area contributed by atoms with Gasteiger partial charge in [0.25, 0.3) is 0 Å². The Labute approximate surface area is 148 Å². The van der Waals surface area contributed by atoms with Crippen molar-refractivity contribution >= 4 is 23.2 Å². The number of esters is 1. The summed E-state index contributed by atoms with van der Waals surface area (Å²) in [5, 5.41) is 0. The predicted octanol–water partition coefficient (Wildman–Crippen LogP) is 3.04. The minimum Gasteiger partial charge on any atom is -0.493 e. The van der Waals surface area contributed by atoms with E-state index in [1.807, 2.05) is 32.0 Å². The molecule has 0 aromatic heterocycles. The van der Waals surface area contributed by atoms with Gasteiger partial charge in [0.2, 0.25) is 0 Å². The van der Waals surface area contributed by atoms with Crippen molar-refractivity contribution in [3.8, 4) is 11.5 Å². The molecule has 0 unspecified atom stereocenters. The lowest BCUT2D eigenvalue weighted by Crippen LogP contribution is -2.40. The number of thiocarbonyl (C=S) groups is 1. The molecule has 0 saturated carbocycles. The minimum absolute atomic E-state index is 0.0149. The number of carbonyl (C=O) groups is 1. The van der Waals surface area contributed by atoms with Crippen LogP contribution in [-0.4, -0.2) is 49.3 Å². The van der Waals surface area contributed by atoms with Crippen LogP contribution in [0.2, 0.25) is 0 Å². The summed E-state index contributed by atoms with van der Waals surface area (Å²) in [6.07, 6.45) is 1.54. The van der Waals surface area contributed by atoms with Gasteiger partial charge in [-0.15, -0.1) is 0 Å². The van der Waals surface area contributed by atoms with E-state index in [-0.39, 0.29) is 11.9 Å². The van der Waals surface area contributed by atoms with Gasteiger partial charge in [-0.1, -0.05) is 12.2 Å². The van der Waals surface area contributed by atoms with Gasteiger partial charge in [-0.3, -0.25) is 4.79 Å². The molecule has 24 heavy (non-hydrogen) atoms. The fraction of sp³-hybridized carbons (Fsp3) is 0.556. The van der Waals surface area contributed by atoms with Crippen LogP contribution in [0.5, 0.6) is 11.5 Å². The Morgan fingerprint density at radius 3 is 2.50 bits per heavy atom. The van der Waals surface area contributed by atoms with E-state index in [9.17, 15) is 4.79 Å². The monoisotopic (exact) mass is 351 g/mol. The van der Waals surface area contributed by atoms with Crippen LogP contribution >= 0.6 is 12.2 Å². The molecule has 1 aliphatic heterocycles. The SMILES string of the molecule is CCOC(=O)C1CCN(C(=S)c2ccc(OCC)c(OC)c2)CC1. The topological polar surface area (TPSA) is 48.0 Å². The maximum atomic E-state index is 11.8. The summed E-state index contributed by atoms with van der Waals surface area (Å²) >= 11 is 5.62. The van der Waals surface area contributed by atoms with Crippen molar-refractivity contribution < 1.29 is 19.0 Å². The van der Waals surface area contributed by atoms with Gasteiger partial charge in [-0.2, -0.15) is 0 Å². The molecule has 132 valence electrons. The molecule has 0 radical (unpaired) electrons. The Hall–Kier alpha value is -1.82. The standard InChI is InChI=1S/C18H25NO4S/c1-4-22-15-7-6-14(12-16(15)21-3)17(24)19-10-8-13(9-11-19)18(20)23-5-2/h6-7,12-13H,4-5,8-11H2,1-3H3. The van der Waals surface area contributed by atoms with Crippen molar-refractivity contribution in [3.05, 3.63) is 23.8 Å². The molecule has 5 nitrogen and oxygen atoms in total. The van der Waals surface area contributed by atoms with Crippen LogP contribution < -0.4 is 9.47 Å². The molecule has 0 bridgehead atoms. The fourth-order valence-electron chi connectivity index (χ4n) is 2.84. The third kappa shape index (κ3) is 4.38. The average molecular weight is 351 g/mol. The van der Waals surface area contributed by atoms with Gasteiger partial charge in [-0.25, -0.2) is 0 Å². The number of hydrogen-bond donors (Lipinski definition) is 0. The first-order valence-electron chi connectivity index (χ1n) is 8.37. The highest BCUT2D eigenvalue weighted by atomic mass is 32.1. The lowest BCUT2D eigenvalue weighted by atomic mass is 9.96. The lowest BCUT2D eigenvalue weighted by Gasteiger charge is -2.33. The maximum Gasteiger partial charge on any atom is 0.309 e. The number of nitrogens with zero attached hydrogens (tertiary/aromatic N) is 1. The molecular formula is C18H25NO4S. The molecule has 1 aliphatic rings. The smallest absolute Gasteiger partial charge is 0.309 e. The number of benzene rings is 1. The molecule has 1 aromatic rings. The molecule has 0 spiro atoms. The number of carbonyl (C=O) groups excluding carboxylic acids is 1. The number of rotatable bonds is 6. The first-order chi connectivity index (χ1) is 11.6. The van der Waals surface area contributed by atoms with Gasteiger partial charge in [0, 0.05) is 18.7 Å². The van der Waals surface area contributed by atoms with Crippen LogP contribution in [-0.2, 0) is 9.53 Å². The fourth-order valence-corrected chi connectivity index (χ4v) is 3.15. The van der Waals surface area contributed by atoms with Crippen LogP contribution in [0.3, 0.4) is 0 Å². The number of likely N-dealkylation sites (tertiary alicyclic amines) is 1. The van der Waals surface area contributed by atoms with E-state index in [2.05, 4.69) is 4.90 Å². The van der Waals surface area contributed by atoms with Crippen molar-refractivity contribution in [1.29, 1.82) is 0 Å². The molecule has 1 fully saturated rings. The third-order valence-corrected chi connectivity index (χ3v) is 4.61. The summed E-state index contributed by atoms with van der Waals surface area (Å²) in [6, 6.07) is 5.74. The summed E-state index contributed by atoms with van der Waals surface area (Å²) in [5.74, 6) is 1.29. The van der Waals surface area contributed by atoms with Crippen LogP contribution in [0.1, 0.15) is 32.3 Å². The first-order valence-corrected chi connectivity index (χ1v) is 8.78. The molecular weight excluding hydrogens is 326 g/mol. The molecule has 0 N–H and O–H groups in total. The van der Waals surface area contributed by atoms with Gasteiger partial charge in [0.15, 0.2) is 11.5 Å². The van der Waals surface area contributed by atoms with Crippen LogP contribution in [0, 0.1) is 5.92 Å². The molecule has 1 saturated heterocycles. The summed E-state index contributed by atoms with van der Waals surface area (Å²) in [5.41, 5.74) is 0.930. The number of piperidine rings is 1. The third-order valence-electron chi connectivity index (χ3n) is 4.11. The van der Waals surface area contributed by atoms with Gasteiger partial charge < -0.3 is 19.1 Å². The highest BCUT2D eigenvalue weighted by Crippen LogP contribution is 2.29. The minimum atomic E-state index is -0.0918. The second kappa shape index (κ2) is 8.87. The Balaban J connectivity index is 2.01. The largest absolute Gasteiger partial charge is 0.493 e. The summed E-state index contributed by atoms with van der Waals surface area (Å²) in [7, 11) is 1.62. The van der Waals surface area contributed by atoms with E-state index in [1.165, 1.54) is 0 Å². The maximum absolute atomic E-state index is 11.8. The van der Waals surface area contributed by atoms with Crippen LogP contribution in [0.4, 0.5) is 0 Å². The normalized spacial score (nSPS) is 15.0. The lowest BCUT2D eigenvalue weighted by molar-refractivity contribution is -0.149. The van der Waals surface area contributed by atoms with Crippen molar-refractivity contribution in [1.82, 2.24) is 4.90 Å². The molecule has 0 aliphatic carbocycles. The summed E-state index contributed by atoms with van der Waals surface area (Å²) in [6.45, 7) is 6.31. The molecule has 1 heterocycles. The van der Waals surface area contributed by atoms with Crippen LogP contribution in [0.25, 0.3) is 0 Å². The Bertz CT molecular complexity index is 582. The van der Waals surface area contributed by atoms with Crippen molar-refractivity contribution in [2.45, 2.75) is 26.7 Å².